The van der Waals surface area contributed by atoms with Crippen LogP contribution in [0.5, 0.6) is 17.2 Å². The molecule has 3 amide bonds. The van der Waals surface area contributed by atoms with Crippen LogP contribution in [0.15, 0.2) is 37.2 Å². The average molecular weight is 1070 g/mol. The number of nitrogens with zero attached hydrogens (tertiary/aromatic N) is 6. The van der Waals surface area contributed by atoms with Gasteiger partial charge in [-0.05, 0) is 115 Å². The fourth-order valence-corrected chi connectivity index (χ4v) is 12.9. The van der Waals surface area contributed by atoms with Crippen molar-refractivity contribution in [2.24, 2.45) is 0 Å². The Morgan fingerprint density at radius 3 is 1.08 bits per heavy atom. The smallest absolute Gasteiger partial charge is 0.252 e. The molecule has 3 aliphatic carbocycles. The number of carbonyl (C=O) groups is 3. The predicted molar refractivity (Wildman–Crippen MR) is 303 cm³/mol. The highest BCUT2D eigenvalue weighted by molar-refractivity contribution is 6.05. The Hall–Kier alpha value is -8.49. The van der Waals surface area contributed by atoms with Crippen molar-refractivity contribution in [2.75, 3.05) is 40.3 Å². The van der Waals surface area contributed by atoms with Crippen molar-refractivity contribution in [2.45, 2.75) is 154 Å². The van der Waals surface area contributed by atoms with Crippen molar-refractivity contribution in [3.63, 3.8) is 0 Å². The van der Waals surface area contributed by atoms with Crippen molar-refractivity contribution >= 4 is 69.7 Å². The second kappa shape index (κ2) is 21.0. The largest absolute Gasteiger partial charge is 0.505 e. The number of amides is 3. The molecule has 3 fully saturated rings. The van der Waals surface area contributed by atoms with Gasteiger partial charge in [0.2, 0.25) is 0 Å². The van der Waals surface area contributed by atoms with Gasteiger partial charge in [-0.25, -0.2) is 29.9 Å². The zero-order chi connectivity index (χ0) is 56.1. The SMILES string of the molecule is COc1c(Nc2ncnc(N)c2C)cc(C)c2c1C1(CCCCC1)NC2=O.Cc1cc(Nc2ncnc(N)c2C)c(O)c2c1C(=O)NC21CCCCC1.Cc1cc(Nc2ncnc(N)c2C)c(O)c2c1C(=O)NC21CCCCC1. The number of fused-ring (bicyclic) bond motifs is 6. The third-order valence-electron chi connectivity index (χ3n) is 17.1. The van der Waals surface area contributed by atoms with Crippen LogP contribution in [0.4, 0.5) is 52.0 Å². The highest BCUT2D eigenvalue weighted by Gasteiger charge is 2.50. The molecule has 0 radical (unpaired) electrons. The van der Waals surface area contributed by atoms with Gasteiger partial charge in [0.15, 0.2) is 0 Å². The van der Waals surface area contributed by atoms with Crippen molar-refractivity contribution in [1.82, 2.24) is 45.9 Å². The molecule has 0 unspecified atom stereocenters. The molecule has 6 heterocycles. The Balaban J connectivity index is 0.000000134. The van der Waals surface area contributed by atoms with E-state index < -0.39 is 11.1 Å². The number of carbonyl (C=O) groups excluding carboxylic acids is 3. The lowest BCUT2D eigenvalue weighted by atomic mass is 9.76. The predicted octanol–water partition coefficient (Wildman–Crippen LogP) is 9.39. The zero-order valence-electron chi connectivity index (χ0n) is 46.0. The van der Waals surface area contributed by atoms with E-state index in [1.54, 1.807) is 19.2 Å². The second-order valence-corrected chi connectivity index (χ2v) is 22.1. The van der Waals surface area contributed by atoms with Crippen LogP contribution < -0.4 is 53.8 Å². The summed E-state index contributed by atoms with van der Waals surface area (Å²) >= 11 is 0. The molecule has 79 heavy (non-hydrogen) atoms. The summed E-state index contributed by atoms with van der Waals surface area (Å²) in [6.07, 6.45) is 19.3. The van der Waals surface area contributed by atoms with Gasteiger partial charge in [-0.15, -0.1) is 0 Å². The number of hydrogen-bond donors (Lipinski definition) is 11. The summed E-state index contributed by atoms with van der Waals surface area (Å²) in [4.78, 5) is 62.7. The molecule has 0 atom stereocenters. The number of phenolic OH excluding ortho intramolecular Hbond substituents is 2. The van der Waals surface area contributed by atoms with E-state index in [4.69, 9.17) is 21.9 Å². The number of hydrogen-bond acceptors (Lipinski definition) is 18. The quantitative estimate of drug-likeness (QED) is 0.0663. The molecule has 6 aromatic rings. The topological polar surface area (TPSA) is 328 Å². The van der Waals surface area contributed by atoms with Gasteiger partial charge >= 0.3 is 0 Å². The Labute approximate surface area is 459 Å². The molecule has 3 aromatic carbocycles. The van der Waals surface area contributed by atoms with E-state index >= 15 is 0 Å². The molecule has 14 N–H and O–H groups in total. The van der Waals surface area contributed by atoms with Crippen LogP contribution in [0.1, 0.15) is 177 Å². The van der Waals surface area contributed by atoms with Crippen LogP contribution in [0.3, 0.4) is 0 Å². The third kappa shape index (κ3) is 9.51. The minimum absolute atomic E-state index is 0.00305. The van der Waals surface area contributed by atoms with Gasteiger partial charge in [0.25, 0.3) is 17.7 Å². The number of rotatable bonds is 7. The van der Waals surface area contributed by atoms with E-state index in [1.807, 2.05) is 47.6 Å². The summed E-state index contributed by atoms with van der Waals surface area (Å²) < 4.78 is 5.83. The third-order valence-corrected chi connectivity index (χ3v) is 17.1. The lowest BCUT2D eigenvalue weighted by molar-refractivity contribution is 0.0899. The van der Waals surface area contributed by atoms with Crippen LogP contribution in [0, 0.1) is 41.5 Å². The Kier molecular flexibility index (Phi) is 14.4. The molecule has 3 aliphatic heterocycles. The maximum atomic E-state index is 12.8. The lowest BCUT2D eigenvalue weighted by Gasteiger charge is -2.35. The molecule has 12 rings (SSSR count). The summed E-state index contributed by atoms with van der Waals surface area (Å²) in [7, 11) is 1.65. The number of anilines is 9. The Morgan fingerprint density at radius 1 is 0.456 bits per heavy atom. The van der Waals surface area contributed by atoms with Crippen molar-refractivity contribution in [3.8, 4) is 17.2 Å². The van der Waals surface area contributed by atoms with Gasteiger partial charge in [-0.2, -0.15) is 0 Å². The lowest BCUT2D eigenvalue weighted by Crippen LogP contribution is -2.41. The standard InChI is InChI=1S/C20H25N5O2.2C19H23N5O2/c1-11-9-13(24-18-12(2)17(21)22-10-23-18)16(27-3)15-14(11)19(26)25-20(15)7-5-4-6-8-20;2*1-10-8-12(23-17-11(2)16(20)21-9-22-17)15(25)14-13(10)18(26)24-19(14)6-4-3-5-7-19/h9-10H,4-8H2,1-3H3,(H,25,26)(H3,21,22,23,24);2*8-9,25H,3-7H2,1-2H3,(H,24,26)(H3,20,21,22,23). The number of phenols is 2. The van der Waals surface area contributed by atoms with Gasteiger partial charge in [-0.1, -0.05) is 57.8 Å². The molecule has 6 aliphatic rings. The number of aromatic nitrogens is 6. The monoisotopic (exact) mass is 1070 g/mol. The van der Waals surface area contributed by atoms with Gasteiger partial charge in [0, 0.05) is 33.4 Å². The molecule has 21 heteroatoms. The normalized spacial score (nSPS) is 17.7. The fraction of sp³-hybridized carbons (Fsp3) is 0.431. The van der Waals surface area contributed by atoms with Gasteiger partial charge < -0.3 is 64.1 Å². The summed E-state index contributed by atoms with van der Waals surface area (Å²) in [5.41, 5.74) is 27.4. The highest BCUT2D eigenvalue weighted by Crippen LogP contribution is 2.53. The van der Waals surface area contributed by atoms with Crippen LogP contribution >= 0.6 is 0 Å². The first-order chi connectivity index (χ1) is 37.8. The maximum absolute atomic E-state index is 12.8. The van der Waals surface area contributed by atoms with Crippen molar-refractivity contribution in [1.29, 1.82) is 0 Å². The number of aromatic hydroxyl groups is 2. The van der Waals surface area contributed by atoms with E-state index in [2.05, 4.69) is 61.8 Å². The van der Waals surface area contributed by atoms with Crippen LogP contribution in [0.2, 0.25) is 0 Å². The number of methoxy groups -OCH3 is 1. The molecule has 3 aromatic heterocycles. The minimum Gasteiger partial charge on any atom is -0.505 e. The van der Waals surface area contributed by atoms with E-state index in [0.717, 1.165) is 140 Å². The number of nitrogens with two attached hydrogens (primary N) is 3. The Morgan fingerprint density at radius 2 is 0.747 bits per heavy atom. The van der Waals surface area contributed by atoms with Crippen molar-refractivity contribution in [3.05, 3.63) is 104 Å². The highest BCUT2D eigenvalue weighted by atomic mass is 16.5. The summed E-state index contributed by atoms with van der Waals surface area (Å²) in [5.74, 6) is 3.67. The first-order valence-corrected chi connectivity index (χ1v) is 27.3. The summed E-state index contributed by atoms with van der Waals surface area (Å²) in [5, 5.41) is 41.4. The number of ether oxygens (including phenoxy) is 1. The van der Waals surface area contributed by atoms with Gasteiger partial charge in [0.1, 0.15) is 71.1 Å². The molecule has 414 valence electrons. The number of nitrogens with one attached hydrogen (secondary N) is 6. The van der Waals surface area contributed by atoms with Gasteiger partial charge in [-0.3, -0.25) is 14.4 Å². The first-order valence-electron chi connectivity index (χ1n) is 27.3. The molecular weight excluding hydrogens is 1000 g/mol. The summed E-state index contributed by atoms with van der Waals surface area (Å²) in [6, 6.07) is 5.51. The average Bonchev–Trinajstić information content (AvgIpc) is 3.64. The van der Waals surface area contributed by atoms with E-state index in [9.17, 15) is 24.6 Å². The van der Waals surface area contributed by atoms with Crippen LogP contribution in [-0.4, -0.2) is 64.9 Å². The molecule has 3 spiro atoms. The van der Waals surface area contributed by atoms with Gasteiger partial charge in [0.05, 0.1) is 57.5 Å². The summed E-state index contributed by atoms with van der Waals surface area (Å²) in [6.45, 7) is 11.3. The van der Waals surface area contributed by atoms with Crippen LogP contribution in [0.25, 0.3) is 0 Å². The minimum atomic E-state index is -0.461. The number of aryl methyl sites for hydroxylation is 3. The fourth-order valence-electron chi connectivity index (χ4n) is 12.9. The van der Waals surface area contributed by atoms with Crippen LogP contribution in [-0.2, 0) is 16.6 Å². The number of benzene rings is 3. The molecule has 0 bridgehead atoms. The Bertz CT molecular complexity index is 3290. The van der Waals surface area contributed by atoms with E-state index in [1.165, 1.54) is 25.4 Å². The second-order valence-electron chi connectivity index (χ2n) is 22.1. The molecular formula is C58H71N15O6. The molecule has 3 saturated carbocycles. The first kappa shape index (κ1) is 53.9. The zero-order valence-corrected chi connectivity index (χ0v) is 46.0. The van der Waals surface area contributed by atoms with Crippen molar-refractivity contribution < 1.29 is 29.3 Å². The van der Waals surface area contributed by atoms with E-state index in [-0.39, 0.29) is 34.8 Å². The van der Waals surface area contributed by atoms with E-state index in [0.29, 0.717) is 74.3 Å². The molecule has 21 nitrogen and oxygen atoms in total. The number of nitrogen functional groups attached to an aromatic ring is 3. The molecule has 0 saturated heterocycles. The maximum Gasteiger partial charge on any atom is 0.252 e.